The minimum atomic E-state index is -1.14. The molecule has 3 aromatic rings. The Balaban J connectivity index is 1.78. The first-order valence-corrected chi connectivity index (χ1v) is 10.3. The van der Waals surface area contributed by atoms with Gasteiger partial charge < -0.3 is 14.6 Å². The maximum absolute atomic E-state index is 13.4. The van der Waals surface area contributed by atoms with Crippen LogP contribution in [0.15, 0.2) is 83.5 Å². The van der Waals surface area contributed by atoms with Gasteiger partial charge in [0.25, 0.3) is 5.91 Å². The number of aliphatic carboxylic acids is 1. The molecule has 0 atom stereocenters. The molecule has 166 valence electrons. The van der Waals surface area contributed by atoms with Crippen LogP contribution in [0.1, 0.15) is 11.1 Å². The topological polar surface area (TPSA) is 88.4 Å². The number of benzene rings is 3. The lowest BCUT2D eigenvalue weighted by atomic mass is 10.00. The normalized spacial score (nSPS) is 14.4. The van der Waals surface area contributed by atoms with Crippen molar-refractivity contribution >= 4 is 41.0 Å². The Morgan fingerprint density at radius 2 is 1.76 bits per heavy atom. The quantitative estimate of drug-likeness (QED) is 0.516. The van der Waals surface area contributed by atoms with E-state index in [4.69, 9.17) is 26.2 Å². The molecule has 1 aliphatic heterocycles. The number of carboxylic acids is 1. The Morgan fingerprint density at radius 3 is 2.39 bits per heavy atom. The van der Waals surface area contributed by atoms with Crippen molar-refractivity contribution in [2.24, 2.45) is 5.10 Å². The highest BCUT2D eigenvalue weighted by atomic mass is 35.5. The average molecular weight is 463 g/mol. The van der Waals surface area contributed by atoms with Crippen LogP contribution < -0.4 is 14.5 Å². The van der Waals surface area contributed by atoms with Gasteiger partial charge in [-0.15, -0.1) is 0 Å². The molecule has 4 rings (SSSR count). The molecule has 0 aliphatic carbocycles. The highest BCUT2D eigenvalue weighted by Gasteiger charge is 2.32. The number of nitrogens with zero attached hydrogens (tertiary/aromatic N) is 2. The van der Waals surface area contributed by atoms with Crippen LogP contribution in [0.4, 0.5) is 5.69 Å². The van der Waals surface area contributed by atoms with Crippen molar-refractivity contribution in [1.29, 1.82) is 0 Å². The van der Waals surface area contributed by atoms with Gasteiger partial charge in [-0.3, -0.25) is 4.79 Å². The number of methoxy groups -OCH3 is 1. The maximum Gasteiger partial charge on any atom is 0.341 e. The summed E-state index contributed by atoms with van der Waals surface area (Å²) in [5, 5.41) is 15.0. The van der Waals surface area contributed by atoms with E-state index >= 15 is 0 Å². The lowest BCUT2D eigenvalue weighted by Gasteiger charge is -2.13. The number of carboxylic acid groups (broad SMARTS) is 1. The van der Waals surface area contributed by atoms with E-state index < -0.39 is 12.6 Å². The summed E-state index contributed by atoms with van der Waals surface area (Å²) in [7, 11) is 1.42. The van der Waals surface area contributed by atoms with E-state index in [1.165, 1.54) is 12.1 Å². The fourth-order valence-electron chi connectivity index (χ4n) is 3.36. The van der Waals surface area contributed by atoms with E-state index in [-0.39, 0.29) is 22.4 Å². The summed E-state index contributed by atoms with van der Waals surface area (Å²) in [6, 6.07) is 21.7. The molecule has 1 N–H and O–H groups in total. The molecule has 1 aliphatic rings. The molecule has 0 saturated heterocycles. The zero-order valence-corrected chi connectivity index (χ0v) is 18.3. The molecule has 0 bridgehead atoms. The average Bonchev–Trinajstić information content (AvgIpc) is 3.15. The van der Waals surface area contributed by atoms with Crippen molar-refractivity contribution < 1.29 is 24.2 Å². The van der Waals surface area contributed by atoms with Crippen LogP contribution in [-0.4, -0.2) is 36.4 Å². The molecular formula is C25H19ClN2O5. The summed E-state index contributed by atoms with van der Waals surface area (Å²) in [6.45, 7) is -0.564. The number of halogens is 1. The predicted molar refractivity (Wildman–Crippen MR) is 126 cm³/mol. The number of carbonyl (C=O) groups excluding carboxylic acids is 1. The van der Waals surface area contributed by atoms with Crippen molar-refractivity contribution in [2.45, 2.75) is 0 Å². The van der Waals surface area contributed by atoms with Crippen LogP contribution in [0.2, 0.25) is 5.02 Å². The SMILES string of the molecule is COc1cc(/C=C2\C(=O)N(c3ccccc3)N=C2c2ccccc2)cc(Cl)c1OCC(=O)O. The van der Waals surface area contributed by atoms with Gasteiger partial charge in [0.2, 0.25) is 0 Å². The van der Waals surface area contributed by atoms with Crippen LogP contribution in [0.25, 0.3) is 6.08 Å². The van der Waals surface area contributed by atoms with Crippen molar-refractivity contribution in [3.8, 4) is 11.5 Å². The summed E-state index contributed by atoms with van der Waals surface area (Å²) in [6.07, 6.45) is 1.67. The third kappa shape index (κ3) is 4.73. The fraction of sp³-hybridized carbons (Fsp3) is 0.0800. The molecule has 0 fully saturated rings. The third-order valence-electron chi connectivity index (χ3n) is 4.83. The second-order valence-electron chi connectivity index (χ2n) is 7.04. The molecule has 0 spiro atoms. The molecule has 7 nitrogen and oxygen atoms in total. The summed E-state index contributed by atoms with van der Waals surface area (Å²) < 4.78 is 10.6. The van der Waals surface area contributed by atoms with Crippen LogP contribution in [0.5, 0.6) is 11.5 Å². The fourth-order valence-corrected chi connectivity index (χ4v) is 3.64. The summed E-state index contributed by atoms with van der Waals surface area (Å²) in [5.74, 6) is -1.06. The second kappa shape index (κ2) is 9.58. The Bertz CT molecular complexity index is 1260. The van der Waals surface area contributed by atoms with Gasteiger partial charge in [-0.2, -0.15) is 10.1 Å². The van der Waals surface area contributed by atoms with Gasteiger partial charge in [-0.1, -0.05) is 60.1 Å². The van der Waals surface area contributed by atoms with Gasteiger partial charge in [0.1, 0.15) is 5.71 Å². The van der Waals surface area contributed by atoms with Gasteiger partial charge in [0.15, 0.2) is 18.1 Å². The number of ether oxygens (including phenoxy) is 2. The number of rotatable bonds is 7. The number of hydrogen-bond donors (Lipinski definition) is 1. The molecule has 0 unspecified atom stereocenters. The van der Waals surface area contributed by atoms with Crippen LogP contribution in [0, 0.1) is 0 Å². The second-order valence-corrected chi connectivity index (χ2v) is 7.45. The van der Waals surface area contributed by atoms with Crippen molar-refractivity contribution in [2.75, 3.05) is 18.7 Å². The number of para-hydroxylation sites is 1. The smallest absolute Gasteiger partial charge is 0.341 e. The standard InChI is InChI=1S/C25H19ClN2O5/c1-32-21-14-16(13-20(26)24(21)33-15-22(29)30)12-19-23(17-8-4-2-5-9-17)27-28(25(19)31)18-10-6-3-7-11-18/h2-14H,15H2,1H3,(H,29,30)/b19-12-. The van der Waals surface area contributed by atoms with E-state index in [0.29, 0.717) is 22.5 Å². The lowest BCUT2D eigenvalue weighted by Crippen LogP contribution is -2.21. The van der Waals surface area contributed by atoms with Gasteiger partial charge in [0.05, 0.1) is 23.4 Å². The van der Waals surface area contributed by atoms with E-state index in [0.717, 1.165) is 5.56 Å². The molecule has 0 aromatic heterocycles. The van der Waals surface area contributed by atoms with Gasteiger partial charge in [0, 0.05) is 5.56 Å². The van der Waals surface area contributed by atoms with Gasteiger partial charge in [-0.25, -0.2) is 4.79 Å². The molecule has 1 amide bonds. The van der Waals surface area contributed by atoms with E-state index in [9.17, 15) is 9.59 Å². The van der Waals surface area contributed by atoms with Crippen molar-refractivity contribution in [3.63, 3.8) is 0 Å². The largest absolute Gasteiger partial charge is 0.493 e. The van der Waals surface area contributed by atoms with E-state index in [2.05, 4.69) is 5.10 Å². The summed E-state index contributed by atoms with van der Waals surface area (Å²) in [5.41, 5.74) is 2.90. The zero-order valence-electron chi connectivity index (χ0n) is 17.6. The van der Waals surface area contributed by atoms with E-state index in [1.54, 1.807) is 30.3 Å². The molecule has 3 aromatic carbocycles. The maximum atomic E-state index is 13.4. The molecule has 0 radical (unpaired) electrons. The molecule has 1 heterocycles. The minimum Gasteiger partial charge on any atom is -0.493 e. The first-order valence-electron chi connectivity index (χ1n) is 9.95. The van der Waals surface area contributed by atoms with E-state index in [1.807, 2.05) is 48.5 Å². The Morgan fingerprint density at radius 1 is 1.09 bits per heavy atom. The van der Waals surface area contributed by atoms with Gasteiger partial charge >= 0.3 is 5.97 Å². The Labute approximate surface area is 195 Å². The van der Waals surface area contributed by atoms with Crippen LogP contribution >= 0.6 is 11.6 Å². The monoisotopic (exact) mass is 462 g/mol. The van der Waals surface area contributed by atoms with Crippen molar-refractivity contribution in [1.82, 2.24) is 0 Å². The zero-order chi connectivity index (χ0) is 23.4. The molecule has 33 heavy (non-hydrogen) atoms. The highest BCUT2D eigenvalue weighted by Crippen LogP contribution is 2.38. The number of amides is 1. The molecule has 8 heteroatoms. The van der Waals surface area contributed by atoms with Gasteiger partial charge in [-0.05, 0) is 35.9 Å². The highest BCUT2D eigenvalue weighted by molar-refractivity contribution is 6.37. The van der Waals surface area contributed by atoms with Crippen molar-refractivity contribution in [3.05, 3.63) is 94.5 Å². The first kappa shape index (κ1) is 22.1. The Hall–Kier alpha value is -4.10. The Kier molecular flexibility index (Phi) is 6.42. The third-order valence-corrected chi connectivity index (χ3v) is 5.11. The molecule has 0 saturated carbocycles. The predicted octanol–water partition coefficient (Wildman–Crippen LogP) is 4.65. The summed E-state index contributed by atoms with van der Waals surface area (Å²) >= 11 is 6.34. The number of hydrazone groups is 1. The number of carbonyl (C=O) groups is 2. The molecular weight excluding hydrogens is 444 g/mol. The lowest BCUT2D eigenvalue weighted by molar-refractivity contribution is -0.139. The number of hydrogen-bond acceptors (Lipinski definition) is 5. The van der Waals surface area contributed by atoms with Crippen LogP contribution in [-0.2, 0) is 9.59 Å². The number of anilines is 1. The first-order chi connectivity index (χ1) is 16.0. The summed E-state index contributed by atoms with van der Waals surface area (Å²) in [4.78, 5) is 24.2. The minimum absolute atomic E-state index is 0.115. The van der Waals surface area contributed by atoms with Crippen LogP contribution in [0.3, 0.4) is 0 Å².